The highest BCUT2D eigenvalue weighted by Crippen LogP contribution is 2.33. The third kappa shape index (κ3) is 2.74. The van der Waals surface area contributed by atoms with Gasteiger partial charge in [0.1, 0.15) is 11.4 Å². The second-order valence-electron chi connectivity index (χ2n) is 4.00. The lowest BCUT2D eigenvalue weighted by Crippen LogP contribution is -2.13. The molecule has 0 unspecified atom stereocenters. The molecule has 0 amide bonds. The van der Waals surface area contributed by atoms with Gasteiger partial charge in [-0.25, -0.2) is 13.5 Å². The van der Waals surface area contributed by atoms with Crippen LogP contribution in [0.25, 0.3) is 5.69 Å². The zero-order valence-electron chi connectivity index (χ0n) is 9.75. The van der Waals surface area contributed by atoms with Gasteiger partial charge in [-0.3, -0.25) is 0 Å². The molecule has 7 heteroatoms. The second kappa shape index (κ2) is 4.64. The smallest absolute Gasteiger partial charge is 0.228 e. The van der Waals surface area contributed by atoms with Crippen LogP contribution in [0.15, 0.2) is 30.3 Å². The van der Waals surface area contributed by atoms with Gasteiger partial charge in [0.15, 0.2) is 0 Å². The van der Waals surface area contributed by atoms with Crippen molar-refractivity contribution in [2.45, 2.75) is 19.5 Å². The number of hydrogen-bond acceptors (Lipinski definition) is 1. The van der Waals surface area contributed by atoms with Gasteiger partial charge in [-0.1, -0.05) is 17.7 Å². The van der Waals surface area contributed by atoms with Crippen LogP contribution in [0, 0.1) is 6.92 Å². The minimum atomic E-state index is -4.75. The Morgan fingerprint density at radius 3 is 2.16 bits per heavy atom. The third-order valence-corrected chi connectivity index (χ3v) is 2.52. The van der Waals surface area contributed by atoms with E-state index < -0.39 is 24.0 Å². The van der Waals surface area contributed by atoms with E-state index in [0.717, 1.165) is 5.56 Å². The average molecular weight is 276 g/mol. The summed E-state index contributed by atoms with van der Waals surface area (Å²) in [6, 6.07) is 6.32. The van der Waals surface area contributed by atoms with E-state index in [0.29, 0.717) is 10.7 Å². The Bertz CT molecular complexity index is 569. The molecular formula is C12H9F5N2. The Balaban J connectivity index is 2.57. The van der Waals surface area contributed by atoms with Crippen molar-refractivity contribution in [3.8, 4) is 5.69 Å². The van der Waals surface area contributed by atoms with Crippen molar-refractivity contribution in [3.63, 3.8) is 0 Å². The van der Waals surface area contributed by atoms with E-state index in [1.54, 1.807) is 19.1 Å². The van der Waals surface area contributed by atoms with E-state index >= 15 is 0 Å². The zero-order chi connectivity index (χ0) is 14.2. The summed E-state index contributed by atoms with van der Waals surface area (Å²) in [5, 5.41) is 3.32. The summed E-state index contributed by atoms with van der Waals surface area (Å²) in [6.45, 7) is 1.77. The fourth-order valence-electron chi connectivity index (χ4n) is 1.59. The molecule has 1 aromatic carbocycles. The van der Waals surface area contributed by atoms with Crippen molar-refractivity contribution < 1.29 is 22.0 Å². The molecule has 0 saturated carbocycles. The largest absolute Gasteiger partial charge is 0.433 e. The number of benzene rings is 1. The SMILES string of the molecule is Cc1ccc(-n2nc(C(F)F)cc2C(F)(F)F)cc1. The lowest BCUT2D eigenvalue weighted by molar-refractivity contribution is -0.142. The Morgan fingerprint density at radius 1 is 1.11 bits per heavy atom. The van der Waals surface area contributed by atoms with Crippen molar-refractivity contribution in [2.24, 2.45) is 0 Å². The molecule has 0 spiro atoms. The molecule has 0 bridgehead atoms. The Labute approximate surface area is 105 Å². The molecule has 102 valence electrons. The highest BCUT2D eigenvalue weighted by Gasteiger charge is 2.37. The molecule has 1 heterocycles. The Hall–Kier alpha value is -1.92. The van der Waals surface area contributed by atoms with Crippen LogP contribution >= 0.6 is 0 Å². The molecule has 2 nitrogen and oxygen atoms in total. The molecule has 2 aromatic rings. The van der Waals surface area contributed by atoms with Crippen molar-refractivity contribution in [1.29, 1.82) is 0 Å². The highest BCUT2D eigenvalue weighted by atomic mass is 19.4. The topological polar surface area (TPSA) is 17.8 Å². The molecule has 2 rings (SSSR count). The Kier molecular flexibility index (Phi) is 3.30. The number of aryl methyl sites for hydroxylation is 1. The van der Waals surface area contributed by atoms with Crippen molar-refractivity contribution >= 4 is 0 Å². The van der Waals surface area contributed by atoms with E-state index in [-0.39, 0.29) is 5.69 Å². The van der Waals surface area contributed by atoms with Crippen LogP contribution < -0.4 is 0 Å². The van der Waals surface area contributed by atoms with Crippen LogP contribution in [0.2, 0.25) is 0 Å². The van der Waals surface area contributed by atoms with Gasteiger partial charge in [0, 0.05) is 0 Å². The summed E-state index contributed by atoms with van der Waals surface area (Å²) >= 11 is 0. The minimum Gasteiger partial charge on any atom is -0.228 e. The van der Waals surface area contributed by atoms with Crippen LogP contribution in [-0.4, -0.2) is 9.78 Å². The first kappa shape index (κ1) is 13.5. The second-order valence-corrected chi connectivity index (χ2v) is 4.00. The quantitative estimate of drug-likeness (QED) is 0.754. The van der Waals surface area contributed by atoms with Gasteiger partial charge in [-0.05, 0) is 25.1 Å². The molecule has 0 aliphatic carbocycles. The van der Waals surface area contributed by atoms with E-state index in [1.165, 1.54) is 12.1 Å². The maximum atomic E-state index is 12.8. The molecule has 0 N–H and O–H groups in total. The summed E-state index contributed by atoms with van der Waals surface area (Å²) < 4.78 is 63.8. The van der Waals surface area contributed by atoms with Gasteiger partial charge in [-0.2, -0.15) is 18.3 Å². The molecule has 0 radical (unpaired) electrons. The lowest BCUT2D eigenvalue weighted by Gasteiger charge is -2.10. The summed E-state index contributed by atoms with van der Waals surface area (Å²) in [7, 11) is 0. The summed E-state index contributed by atoms with van der Waals surface area (Å²) in [5.74, 6) is 0. The van der Waals surface area contributed by atoms with Gasteiger partial charge in [0.2, 0.25) is 0 Å². The Morgan fingerprint density at radius 2 is 1.68 bits per heavy atom. The normalized spacial score (nSPS) is 12.2. The fourth-order valence-corrected chi connectivity index (χ4v) is 1.59. The van der Waals surface area contributed by atoms with Gasteiger partial charge in [0.25, 0.3) is 6.43 Å². The van der Waals surface area contributed by atoms with Crippen LogP contribution in [0.5, 0.6) is 0 Å². The molecular weight excluding hydrogens is 267 g/mol. The molecule has 0 saturated heterocycles. The number of rotatable bonds is 2. The molecule has 19 heavy (non-hydrogen) atoms. The number of halogens is 5. The minimum absolute atomic E-state index is 0.0878. The van der Waals surface area contributed by atoms with E-state index in [2.05, 4.69) is 5.10 Å². The lowest BCUT2D eigenvalue weighted by atomic mass is 10.2. The van der Waals surface area contributed by atoms with Crippen LogP contribution in [0.3, 0.4) is 0 Å². The van der Waals surface area contributed by atoms with Crippen LogP contribution in [-0.2, 0) is 6.18 Å². The standard InChI is InChI=1S/C12H9F5N2/c1-7-2-4-8(5-3-7)19-10(12(15,16)17)6-9(18-19)11(13)14/h2-6,11H,1H3. The molecule has 1 aromatic heterocycles. The summed E-state index contributed by atoms with van der Waals surface area (Å²) in [5.41, 5.74) is -1.18. The molecule has 0 aliphatic heterocycles. The number of aromatic nitrogens is 2. The molecule has 0 atom stereocenters. The monoisotopic (exact) mass is 276 g/mol. The fraction of sp³-hybridized carbons (Fsp3) is 0.250. The van der Waals surface area contributed by atoms with E-state index in [4.69, 9.17) is 0 Å². The van der Waals surface area contributed by atoms with Gasteiger partial charge in [0.05, 0.1) is 5.69 Å². The van der Waals surface area contributed by atoms with Gasteiger partial charge < -0.3 is 0 Å². The van der Waals surface area contributed by atoms with Crippen LogP contribution in [0.4, 0.5) is 22.0 Å². The third-order valence-electron chi connectivity index (χ3n) is 2.52. The number of hydrogen-bond donors (Lipinski definition) is 0. The highest BCUT2D eigenvalue weighted by molar-refractivity contribution is 5.36. The first-order chi connectivity index (χ1) is 8.79. The maximum absolute atomic E-state index is 12.8. The predicted molar refractivity (Wildman–Crippen MR) is 58.3 cm³/mol. The van der Waals surface area contributed by atoms with Crippen molar-refractivity contribution in [3.05, 3.63) is 47.3 Å². The maximum Gasteiger partial charge on any atom is 0.433 e. The van der Waals surface area contributed by atoms with Gasteiger partial charge in [-0.15, -0.1) is 0 Å². The van der Waals surface area contributed by atoms with E-state index in [1.807, 2.05) is 0 Å². The number of alkyl halides is 5. The summed E-state index contributed by atoms with van der Waals surface area (Å²) in [6.07, 6.45) is -7.79. The molecule has 0 fully saturated rings. The van der Waals surface area contributed by atoms with Crippen LogP contribution in [0.1, 0.15) is 23.4 Å². The van der Waals surface area contributed by atoms with Crippen molar-refractivity contribution in [2.75, 3.05) is 0 Å². The van der Waals surface area contributed by atoms with Gasteiger partial charge >= 0.3 is 6.18 Å². The van der Waals surface area contributed by atoms with E-state index in [9.17, 15) is 22.0 Å². The molecule has 0 aliphatic rings. The number of nitrogens with zero attached hydrogens (tertiary/aromatic N) is 2. The van der Waals surface area contributed by atoms with Crippen molar-refractivity contribution in [1.82, 2.24) is 9.78 Å². The summed E-state index contributed by atoms with van der Waals surface area (Å²) in [4.78, 5) is 0. The predicted octanol–water partition coefficient (Wildman–Crippen LogP) is 4.14. The zero-order valence-corrected chi connectivity index (χ0v) is 9.75. The first-order valence-corrected chi connectivity index (χ1v) is 5.31. The first-order valence-electron chi connectivity index (χ1n) is 5.31. The average Bonchev–Trinajstić information content (AvgIpc) is 2.74.